The molecule has 0 spiro atoms. The van der Waals surface area contributed by atoms with E-state index in [0.717, 1.165) is 43.0 Å². The van der Waals surface area contributed by atoms with E-state index >= 15 is 0 Å². The Morgan fingerprint density at radius 2 is 2.04 bits per heavy atom. The van der Waals surface area contributed by atoms with E-state index in [0.29, 0.717) is 11.4 Å². The normalized spacial score (nSPS) is 18.2. The SMILES string of the molecule is CN1/C(=C\C=C(/C#N)c2nnc3n2CCCCC3)C=Cc2ccccc21. The Morgan fingerprint density at radius 3 is 2.92 bits per heavy atom. The minimum absolute atomic E-state index is 0.554. The van der Waals surface area contributed by atoms with Gasteiger partial charge in [-0.05, 0) is 42.7 Å². The smallest absolute Gasteiger partial charge is 0.174 e. The third kappa shape index (κ3) is 2.95. The van der Waals surface area contributed by atoms with Crippen molar-refractivity contribution >= 4 is 17.3 Å². The molecule has 0 radical (unpaired) electrons. The maximum atomic E-state index is 9.66. The average Bonchev–Trinajstić information content (AvgIpc) is 2.92. The Hall–Kier alpha value is -3.13. The van der Waals surface area contributed by atoms with Crippen LogP contribution in [0.2, 0.25) is 0 Å². The van der Waals surface area contributed by atoms with Crippen molar-refractivity contribution in [1.82, 2.24) is 14.8 Å². The number of anilines is 1. The van der Waals surface area contributed by atoms with Gasteiger partial charge in [0, 0.05) is 31.4 Å². The first-order chi connectivity index (χ1) is 12.8. The minimum Gasteiger partial charge on any atom is -0.344 e. The van der Waals surface area contributed by atoms with Crippen molar-refractivity contribution in [2.45, 2.75) is 32.2 Å². The second kappa shape index (κ2) is 7.01. The van der Waals surface area contributed by atoms with Crippen LogP contribution in [0.25, 0.3) is 11.6 Å². The van der Waals surface area contributed by atoms with E-state index in [-0.39, 0.29) is 0 Å². The second-order valence-corrected chi connectivity index (χ2v) is 6.64. The number of hydrogen-bond acceptors (Lipinski definition) is 4. The molecular weight excluding hydrogens is 322 g/mol. The van der Waals surface area contributed by atoms with Crippen molar-refractivity contribution < 1.29 is 0 Å². The fraction of sp³-hybridized carbons (Fsp3) is 0.286. The Morgan fingerprint density at radius 1 is 1.15 bits per heavy atom. The largest absolute Gasteiger partial charge is 0.344 e. The van der Waals surface area contributed by atoms with Gasteiger partial charge < -0.3 is 9.47 Å². The second-order valence-electron chi connectivity index (χ2n) is 6.64. The zero-order valence-corrected chi connectivity index (χ0v) is 14.9. The van der Waals surface area contributed by atoms with Gasteiger partial charge >= 0.3 is 0 Å². The summed E-state index contributed by atoms with van der Waals surface area (Å²) in [5.41, 5.74) is 3.94. The fourth-order valence-corrected chi connectivity index (χ4v) is 3.54. The molecule has 3 heterocycles. The molecule has 0 amide bonds. The quantitative estimate of drug-likeness (QED) is 0.775. The highest BCUT2D eigenvalue weighted by Crippen LogP contribution is 2.29. The van der Waals surface area contributed by atoms with Crippen molar-refractivity contribution in [2.75, 3.05) is 11.9 Å². The number of hydrogen-bond donors (Lipinski definition) is 0. The molecule has 0 saturated carbocycles. The number of benzene rings is 1. The predicted octanol–water partition coefficient (Wildman–Crippen LogP) is 3.96. The molecule has 2 aliphatic rings. The van der Waals surface area contributed by atoms with Crippen molar-refractivity contribution in [3.8, 4) is 6.07 Å². The molecule has 2 aromatic rings. The maximum Gasteiger partial charge on any atom is 0.174 e. The lowest BCUT2D eigenvalue weighted by Gasteiger charge is -2.26. The molecule has 5 nitrogen and oxygen atoms in total. The molecule has 0 bridgehead atoms. The molecule has 0 fully saturated rings. The van der Waals surface area contributed by atoms with Gasteiger partial charge in [0.1, 0.15) is 11.9 Å². The molecule has 0 saturated heterocycles. The summed E-state index contributed by atoms with van der Waals surface area (Å²) in [4.78, 5) is 2.13. The van der Waals surface area contributed by atoms with Crippen LogP contribution in [0.15, 0.2) is 48.2 Å². The summed E-state index contributed by atoms with van der Waals surface area (Å²) in [6, 6.07) is 10.6. The van der Waals surface area contributed by atoms with Gasteiger partial charge in [-0.2, -0.15) is 5.26 Å². The molecule has 0 aliphatic carbocycles. The molecule has 130 valence electrons. The van der Waals surface area contributed by atoms with E-state index in [1.165, 1.54) is 12.0 Å². The van der Waals surface area contributed by atoms with E-state index in [1.807, 2.05) is 31.3 Å². The Kier molecular flexibility index (Phi) is 4.40. The predicted molar refractivity (Wildman–Crippen MR) is 103 cm³/mol. The number of fused-ring (bicyclic) bond motifs is 2. The summed E-state index contributed by atoms with van der Waals surface area (Å²) < 4.78 is 2.11. The van der Waals surface area contributed by atoms with Crippen LogP contribution in [0.3, 0.4) is 0 Å². The summed E-state index contributed by atoms with van der Waals surface area (Å²) in [6.07, 6.45) is 12.4. The van der Waals surface area contributed by atoms with Crippen LogP contribution in [-0.4, -0.2) is 21.8 Å². The van der Waals surface area contributed by atoms with Gasteiger partial charge in [0.2, 0.25) is 0 Å². The summed E-state index contributed by atoms with van der Waals surface area (Å²) >= 11 is 0. The van der Waals surface area contributed by atoms with Crippen LogP contribution in [0.4, 0.5) is 5.69 Å². The molecule has 0 unspecified atom stereocenters. The first-order valence-corrected chi connectivity index (χ1v) is 9.03. The van der Waals surface area contributed by atoms with Gasteiger partial charge in [-0.1, -0.05) is 30.7 Å². The summed E-state index contributed by atoms with van der Waals surface area (Å²) in [7, 11) is 2.04. The van der Waals surface area contributed by atoms with Gasteiger partial charge in [0.05, 0.1) is 5.57 Å². The lowest BCUT2D eigenvalue weighted by molar-refractivity contribution is 0.627. The monoisotopic (exact) mass is 343 g/mol. The van der Waals surface area contributed by atoms with E-state index in [9.17, 15) is 5.26 Å². The van der Waals surface area contributed by atoms with Crippen molar-refractivity contribution in [1.29, 1.82) is 5.26 Å². The molecule has 5 heteroatoms. The van der Waals surface area contributed by atoms with Crippen LogP contribution >= 0.6 is 0 Å². The molecule has 1 aromatic heterocycles. The summed E-state index contributed by atoms with van der Waals surface area (Å²) in [5, 5.41) is 18.3. The molecule has 0 atom stereocenters. The highest BCUT2D eigenvalue weighted by Gasteiger charge is 2.18. The van der Waals surface area contributed by atoms with Crippen molar-refractivity contribution in [3.05, 3.63) is 65.4 Å². The standard InChI is InChI=1S/C21H21N5/c1-25-18(12-10-16-7-4-5-8-19(16)25)13-11-17(15-22)21-24-23-20-9-3-2-6-14-26(20)21/h4-5,7-8,10-13H,2-3,6,9,14H2,1H3/b17-11+,18-13-. The van der Waals surface area contributed by atoms with Gasteiger partial charge in [-0.15, -0.1) is 10.2 Å². The van der Waals surface area contributed by atoms with Crippen LogP contribution in [-0.2, 0) is 13.0 Å². The highest BCUT2D eigenvalue weighted by molar-refractivity contribution is 5.78. The molecule has 2 aliphatic heterocycles. The summed E-state index contributed by atoms with van der Waals surface area (Å²) in [5.74, 6) is 1.68. The number of allylic oxidation sites excluding steroid dienone is 4. The number of para-hydroxylation sites is 1. The number of aromatic nitrogens is 3. The van der Waals surface area contributed by atoms with Gasteiger partial charge in [0.15, 0.2) is 5.82 Å². The van der Waals surface area contributed by atoms with Gasteiger partial charge in [-0.3, -0.25) is 0 Å². The van der Waals surface area contributed by atoms with E-state index in [1.54, 1.807) is 0 Å². The molecule has 1 aromatic carbocycles. The van der Waals surface area contributed by atoms with Crippen LogP contribution in [0.5, 0.6) is 0 Å². The number of aryl methyl sites for hydroxylation is 1. The average molecular weight is 343 g/mol. The lowest BCUT2D eigenvalue weighted by atomic mass is 10.1. The summed E-state index contributed by atoms with van der Waals surface area (Å²) in [6.45, 7) is 0.889. The van der Waals surface area contributed by atoms with Crippen LogP contribution in [0, 0.1) is 11.3 Å². The number of nitriles is 1. The van der Waals surface area contributed by atoms with Gasteiger partial charge in [-0.25, -0.2) is 0 Å². The fourth-order valence-electron chi connectivity index (χ4n) is 3.54. The van der Waals surface area contributed by atoms with Gasteiger partial charge in [0.25, 0.3) is 0 Å². The molecular formula is C21H21N5. The zero-order chi connectivity index (χ0) is 17.9. The van der Waals surface area contributed by atoms with Crippen LogP contribution < -0.4 is 4.90 Å². The number of nitrogens with zero attached hydrogens (tertiary/aromatic N) is 5. The molecule has 0 N–H and O–H groups in total. The molecule has 4 rings (SSSR count). The number of rotatable bonds is 2. The Bertz CT molecular complexity index is 955. The Balaban J connectivity index is 1.67. The van der Waals surface area contributed by atoms with Crippen LogP contribution in [0.1, 0.15) is 36.5 Å². The first-order valence-electron chi connectivity index (χ1n) is 9.03. The Labute approximate surface area is 153 Å². The molecule has 26 heavy (non-hydrogen) atoms. The zero-order valence-electron chi connectivity index (χ0n) is 14.9. The topological polar surface area (TPSA) is 57.7 Å². The highest BCUT2D eigenvalue weighted by atomic mass is 15.3. The third-order valence-electron chi connectivity index (χ3n) is 5.01. The van der Waals surface area contributed by atoms with Crippen molar-refractivity contribution in [2.24, 2.45) is 0 Å². The van der Waals surface area contributed by atoms with Crippen molar-refractivity contribution in [3.63, 3.8) is 0 Å². The van der Waals surface area contributed by atoms with E-state index < -0.39 is 0 Å². The lowest BCUT2D eigenvalue weighted by Crippen LogP contribution is -2.18. The third-order valence-corrected chi connectivity index (χ3v) is 5.01. The van der Waals surface area contributed by atoms with E-state index in [2.05, 4.69) is 50.0 Å². The number of likely N-dealkylation sites (N-methyl/N-ethyl adjacent to an activating group) is 1. The first kappa shape index (κ1) is 16.3. The minimum atomic E-state index is 0.554. The van der Waals surface area contributed by atoms with E-state index in [4.69, 9.17) is 0 Å². The maximum absolute atomic E-state index is 9.66.